The smallest absolute Gasteiger partial charge is 0.191 e. The molecular formula is C15H29IN6O. The van der Waals surface area contributed by atoms with Crippen LogP contribution < -0.4 is 10.6 Å². The van der Waals surface area contributed by atoms with Gasteiger partial charge < -0.3 is 20.3 Å². The molecule has 0 aliphatic heterocycles. The van der Waals surface area contributed by atoms with E-state index in [1.807, 2.05) is 11.5 Å². The first-order valence-corrected chi connectivity index (χ1v) is 8.28. The number of hydrogen-bond donors (Lipinski definition) is 3. The number of rotatable bonds is 7. The molecule has 3 N–H and O–H groups in total. The van der Waals surface area contributed by atoms with Crippen LogP contribution in [0.2, 0.25) is 0 Å². The van der Waals surface area contributed by atoms with Gasteiger partial charge in [0.15, 0.2) is 5.96 Å². The third kappa shape index (κ3) is 6.25. The fourth-order valence-electron chi connectivity index (χ4n) is 2.79. The summed E-state index contributed by atoms with van der Waals surface area (Å²) in [5, 5.41) is 24.9. The minimum absolute atomic E-state index is 0. The van der Waals surface area contributed by atoms with Gasteiger partial charge in [-0.25, -0.2) is 0 Å². The average molecular weight is 436 g/mol. The number of aromatic nitrogens is 3. The zero-order valence-electron chi connectivity index (χ0n) is 14.1. The highest BCUT2D eigenvalue weighted by Gasteiger charge is 2.30. The van der Waals surface area contributed by atoms with Gasteiger partial charge >= 0.3 is 0 Å². The van der Waals surface area contributed by atoms with Crippen molar-refractivity contribution in [3.8, 4) is 0 Å². The molecule has 8 heteroatoms. The first-order valence-electron chi connectivity index (χ1n) is 8.28. The SMILES string of the molecule is CCNC(=NCC1(O)CCCC1)NCCn1cnnc1CC.I. The van der Waals surface area contributed by atoms with E-state index in [1.165, 1.54) is 0 Å². The third-order valence-electron chi connectivity index (χ3n) is 4.07. The van der Waals surface area contributed by atoms with Crippen LogP contribution in [0.3, 0.4) is 0 Å². The summed E-state index contributed by atoms with van der Waals surface area (Å²) in [6.45, 7) is 6.92. The van der Waals surface area contributed by atoms with Crippen molar-refractivity contribution in [3.05, 3.63) is 12.2 Å². The molecule has 1 aliphatic rings. The molecule has 0 radical (unpaired) electrons. The number of nitrogens with zero attached hydrogens (tertiary/aromatic N) is 4. The van der Waals surface area contributed by atoms with Gasteiger partial charge in [0.05, 0.1) is 12.1 Å². The molecule has 1 aliphatic carbocycles. The summed E-state index contributed by atoms with van der Waals surface area (Å²) in [4.78, 5) is 4.53. The van der Waals surface area contributed by atoms with Crippen LogP contribution in [0.25, 0.3) is 0 Å². The summed E-state index contributed by atoms with van der Waals surface area (Å²) in [5.41, 5.74) is -0.605. The van der Waals surface area contributed by atoms with Crippen LogP contribution >= 0.6 is 24.0 Å². The maximum atomic E-state index is 10.4. The van der Waals surface area contributed by atoms with E-state index in [0.29, 0.717) is 6.54 Å². The van der Waals surface area contributed by atoms with Crippen LogP contribution in [-0.4, -0.2) is 51.1 Å². The Morgan fingerprint density at radius 1 is 1.35 bits per heavy atom. The summed E-state index contributed by atoms with van der Waals surface area (Å²) in [7, 11) is 0. The Bertz CT molecular complexity index is 484. The number of hydrogen-bond acceptors (Lipinski definition) is 4. The van der Waals surface area contributed by atoms with E-state index in [2.05, 4.69) is 32.7 Å². The molecule has 0 atom stereocenters. The zero-order valence-corrected chi connectivity index (χ0v) is 16.4. The molecule has 0 bridgehead atoms. The third-order valence-corrected chi connectivity index (χ3v) is 4.07. The van der Waals surface area contributed by atoms with Gasteiger partial charge in [0, 0.05) is 26.1 Å². The van der Waals surface area contributed by atoms with Gasteiger partial charge in [-0.1, -0.05) is 19.8 Å². The Morgan fingerprint density at radius 2 is 2.09 bits per heavy atom. The summed E-state index contributed by atoms with van der Waals surface area (Å²) in [6.07, 6.45) is 6.55. The predicted octanol–water partition coefficient (Wildman–Crippen LogP) is 1.32. The molecule has 1 saturated carbocycles. The molecule has 132 valence electrons. The number of nitrogens with one attached hydrogen (secondary N) is 2. The van der Waals surface area contributed by atoms with Gasteiger partial charge in [-0.3, -0.25) is 4.99 Å². The van der Waals surface area contributed by atoms with Crippen molar-refractivity contribution in [2.24, 2.45) is 4.99 Å². The predicted molar refractivity (Wildman–Crippen MR) is 102 cm³/mol. The molecule has 1 heterocycles. The van der Waals surface area contributed by atoms with Crippen LogP contribution in [0.1, 0.15) is 45.4 Å². The largest absolute Gasteiger partial charge is 0.388 e. The molecule has 23 heavy (non-hydrogen) atoms. The van der Waals surface area contributed by atoms with Crippen LogP contribution in [0.4, 0.5) is 0 Å². The van der Waals surface area contributed by atoms with Gasteiger partial charge in [-0.05, 0) is 19.8 Å². The molecule has 2 rings (SSSR count). The lowest BCUT2D eigenvalue weighted by Gasteiger charge is -2.20. The lowest BCUT2D eigenvalue weighted by atomic mass is 10.0. The lowest BCUT2D eigenvalue weighted by molar-refractivity contribution is 0.0574. The molecular weight excluding hydrogens is 407 g/mol. The quantitative estimate of drug-likeness (QED) is 0.341. The van der Waals surface area contributed by atoms with E-state index in [-0.39, 0.29) is 24.0 Å². The highest BCUT2D eigenvalue weighted by Crippen LogP contribution is 2.29. The molecule has 0 spiro atoms. The second-order valence-corrected chi connectivity index (χ2v) is 5.85. The fraction of sp³-hybridized carbons (Fsp3) is 0.800. The van der Waals surface area contributed by atoms with E-state index in [0.717, 1.165) is 63.5 Å². The van der Waals surface area contributed by atoms with Gasteiger partial charge in [-0.2, -0.15) is 0 Å². The molecule has 0 saturated heterocycles. The fourth-order valence-corrected chi connectivity index (χ4v) is 2.79. The maximum absolute atomic E-state index is 10.4. The highest BCUT2D eigenvalue weighted by molar-refractivity contribution is 14.0. The van der Waals surface area contributed by atoms with Gasteiger partial charge in [0.1, 0.15) is 12.2 Å². The van der Waals surface area contributed by atoms with E-state index in [1.54, 1.807) is 6.33 Å². The molecule has 7 nitrogen and oxygen atoms in total. The van der Waals surface area contributed by atoms with E-state index in [4.69, 9.17) is 0 Å². The Kier molecular flexibility index (Phi) is 8.82. The van der Waals surface area contributed by atoms with Gasteiger partial charge in [0.25, 0.3) is 0 Å². The minimum Gasteiger partial charge on any atom is -0.388 e. The van der Waals surface area contributed by atoms with Crippen molar-refractivity contribution in [3.63, 3.8) is 0 Å². The molecule has 1 fully saturated rings. The minimum atomic E-state index is -0.605. The van der Waals surface area contributed by atoms with Crippen LogP contribution in [0.15, 0.2) is 11.3 Å². The lowest BCUT2D eigenvalue weighted by Crippen LogP contribution is -2.40. The monoisotopic (exact) mass is 436 g/mol. The maximum Gasteiger partial charge on any atom is 0.191 e. The molecule has 0 unspecified atom stereocenters. The van der Waals surface area contributed by atoms with Crippen molar-refractivity contribution in [1.29, 1.82) is 0 Å². The Hall–Kier alpha value is -0.900. The van der Waals surface area contributed by atoms with Gasteiger partial charge in [0.2, 0.25) is 0 Å². The number of aliphatic hydroxyl groups is 1. The Labute approximate surface area is 155 Å². The first kappa shape index (κ1) is 20.1. The van der Waals surface area contributed by atoms with E-state index >= 15 is 0 Å². The van der Waals surface area contributed by atoms with E-state index in [9.17, 15) is 5.11 Å². The average Bonchev–Trinajstić information content (AvgIpc) is 3.14. The van der Waals surface area contributed by atoms with Crippen molar-refractivity contribution in [2.75, 3.05) is 19.6 Å². The molecule has 1 aromatic heterocycles. The van der Waals surface area contributed by atoms with Crippen molar-refractivity contribution < 1.29 is 5.11 Å². The van der Waals surface area contributed by atoms with Crippen LogP contribution in [0, 0.1) is 0 Å². The Balaban J connectivity index is 0.00000264. The van der Waals surface area contributed by atoms with E-state index < -0.39 is 5.60 Å². The van der Waals surface area contributed by atoms with Crippen molar-refractivity contribution in [2.45, 2.75) is 58.1 Å². The van der Waals surface area contributed by atoms with Crippen LogP contribution in [0.5, 0.6) is 0 Å². The number of halogens is 1. The molecule has 0 amide bonds. The number of aliphatic imine (C=N–C) groups is 1. The number of guanidine groups is 1. The van der Waals surface area contributed by atoms with Crippen LogP contribution in [-0.2, 0) is 13.0 Å². The Morgan fingerprint density at radius 3 is 2.74 bits per heavy atom. The highest BCUT2D eigenvalue weighted by atomic mass is 127. The molecule has 1 aromatic rings. The topological polar surface area (TPSA) is 87.4 Å². The summed E-state index contributed by atoms with van der Waals surface area (Å²) in [6, 6.07) is 0. The summed E-state index contributed by atoms with van der Waals surface area (Å²) in [5.74, 6) is 1.75. The van der Waals surface area contributed by atoms with Crippen molar-refractivity contribution in [1.82, 2.24) is 25.4 Å². The zero-order chi connectivity index (χ0) is 15.8. The number of aryl methyl sites for hydroxylation is 1. The molecule has 0 aromatic carbocycles. The second-order valence-electron chi connectivity index (χ2n) is 5.85. The normalized spacial score (nSPS) is 16.9. The summed E-state index contributed by atoms with van der Waals surface area (Å²) < 4.78 is 2.04. The van der Waals surface area contributed by atoms with Crippen molar-refractivity contribution >= 4 is 29.9 Å². The standard InChI is InChI=1S/C15H28N6O.HI/c1-3-13-20-19-12-21(13)10-9-17-14(16-4-2)18-11-15(22)7-5-6-8-15;/h12,22H,3-11H2,1-2H3,(H2,16,17,18);1H. The summed E-state index contributed by atoms with van der Waals surface area (Å²) >= 11 is 0. The first-order chi connectivity index (χ1) is 10.7. The van der Waals surface area contributed by atoms with Gasteiger partial charge in [-0.15, -0.1) is 34.2 Å². The second kappa shape index (κ2) is 10.1.